The molecule has 1 aromatic rings. The van der Waals surface area contributed by atoms with Crippen LogP contribution in [0.2, 0.25) is 0 Å². The second-order valence-electron chi connectivity index (χ2n) is 3.06. The van der Waals surface area contributed by atoms with Crippen LogP contribution in [0.4, 0.5) is 0 Å². The predicted molar refractivity (Wildman–Crippen MR) is 64.2 cm³/mol. The summed E-state index contributed by atoms with van der Waals surface area (Å²) in [6.45, 7) is 0. The van der Waals surface area contributed by atoms with Crippen LogP contribution >= 0.6 is 25.3 Å². The van der Waals surface area contributed by atoms with Crippen LogP contribution in [0, 0.1) is 0 Å². The molecule has 1 aliphatic carbocycles. The van der Waals surface area contributed by atoms with Gasteiger partial charge in [0.1, 0.15) is 0 Å². The molecule has 1 aliphatic rings. The molecule has 2 rings (SSSR count). The molecule has 0 nitrogen and oxygen atoms in total. The fraction of sp³-hybridized carbons (Fsp3) is 0.0909. The summed E-state index contributed by atoms with van der Waals surface area (Å²) < 4.78 is 0. The Morgan fingerprint density at radius 1 is 1.31 bits per heavy atom. The van der Waals surface area contributed by atoms with Gasteiger partial charge in [-0.15, -0.1) is 12.6 Å². The number of rotatable bonds is 1. The first kappa shape index (κ1) is 8.97. The van der Waals surface area contributed by atoms with Crippen LogP contribution in [-0.4, -0.2) is 0 Å². The summed E-state index contributed by atoms with van der Waals surface area (Å²) in [5, 5.41) is 1.74. The maximum Gasteiger partial charge on any atom is 0.0136 e. The van der Waals surface area contributed by atoms with Crippen LogP contribution in [0.1, 0.15) is 11.1 Å². The molecule has 0 radical (unpaired) electrons. The van der Waals surface area contributed by atoms with Crippen molar-refractivity contribution in [2.24, 2.45) is 0 Å². The lowest BCUT2D eigenvalue weighted by Crippen LogP contribution is -1.83. The Morgan fingerprint density at radius 2 is 2.08 bits per heavy atom. The molecule has 0 saturated heterocycles. The van der Waals surface area contributed by atoms with E-state index in [1.807, 2.05) is 0 Å². The molecule has 66 valence electrons. The van der Waals surface area contributed by atoms with E-state index in [0.717, 1.165) is 11.3 Å². The van der Waals surface area contributed by atoms with Gasteiger partial charge in [-0.2, -0.15) is 12.6 Å². The summed E-state index contributed by atoms with van der Waals surface area (Å²) in [6.07, 6.45) is 3.15. The number of thiol groups is 2. The van der Waals surface area contributed by atoms with Gasteiger partial charge in [0.15, 0.2) is 0 Å². The van der Waals surface area contributed by atoms with Crippen molar-refractivity contribution in [2.75, 3.05) is 0 Å². The Balaban J connectivity index is 2.36. The molecule has 0 unspecified atom stereocenters. The van der Waals surface area contributed by atoms with E-state index in [2.05, 4.69) is 55.6 Å². The van der Waals surface area contributed by atoms with Gasteiger partial charge in [0, 0.05) is 4.91 Å². The molecule has 0 amide bonds. The Kier molecular flexibility index (Phi) is 2.51. The second kappa shape index (κ2) is 3.64. The molecule has 0 N–H and O–H groups in total. The molecule has 2 heteroatoms. The van der Waals surface area contributed by atoms with Crippen molar-refractivity contribution in [3.8, 4) is 0 Å². The minimum Gasteiger partial charge on any atom is -0.150 e. The summed E-state index contributed by atoms with van der Waals surface area (Å²) in [7, 11) is 0. The van der Waals surface area contributed by atoms with Gasteiger partial charge in [0.2, 0.25) is 0 Å². The number of hydrogen-bond acceptors (Lipinski definition) is 2. The fourth-order valence-corrected chi connectivity index (χ4v) is 1.84. The summed E-state index contributed by atoms with van der Waals surface area (Å²) in [6, 6.07) is 8.40. The molecule has 0 spiro atoms. The summed E-state index contributed by atoms with van der Waals surface area (Å²) >= 11 is 8.44. The molecular formula is C11H10S2. The lowest BCUT2D eigenvalue weighted by Gasteiger charge is -1.98. The molecule has 0 fully saturated rings. The molecule has 0 atom stereocenters. The zero-order chi connectivity index (χ0) is 9.26. The highest BCUT2D eigenvalue weighted by Crippen LogP contribution is 2.30. The zero-order valence-electron chi connectivity index (χ0n) is 7.07. The zero-order valence-corrected chi connectivity index (χ0v) is 8.85. The molecule has 0 aliphatic heterocycles. The predicted octanol–water partition coefficient (Wildman–Crippen LogP) is 3.33. The van der Waals surface area contributed by atoms with Crippen molar-refractivity contribution in [1.29, 1.82) is 0 Å². The van der Waals surface area contributed by atoms with E-state index in [0.29, 0.717) is 0 Å². The van der Waals surface area contributed by atoms with Gasteiger partial charge in [0.25, 0.3) is 0 Å². The van der Waals surface area contributed by atoms with Gasteiger partial charge < -0.3 is 0 Å². The number of fused-ring (bicyclic) bond motifs is 1. The third kappa shape index (κ3) is 1.69. The highest BCUT2D eigenvalue weighted by Gasteiger charge is 2.12. The Bertz CT molecular complexity index is 389. The van der Waals surface area contributed by atoms with E-state index >= 15 is 0 Å². The van der Waals surface area contributed by atoms with Crippen LogP contribution in [0.3, 0.4) is 0 Å². The molecule has 0 aromatic heterocycles. The normalized spacial score (nSPS) is 15.5. The minimum atomic E-state index is 0.958. The maximum absolute atomic E-state index is 4.35. The van der Waals surface area contributed by atoms with E-state index in [1.165, 1.54) is 16.7 Å². The van der Waals surface area contributed by atoms with Crippen LogP contribution < -0.4 is 0 Å². The number of benzene rings is 1. The first-order valence-electron chi connectivity index (χ1n) is 4.13. The van der Waals surface area contributed by atoms with Crippen molar-refractivity contribution >= 4 is 31.3 Å². The monoisotopic (exact) mass is 206 g/mol. The highest BCUT2D eigenvalue weighted by molar-refractivity contribution is 7.88. The smallest absolute Gasteiger partial charge is 0.0136 e. The number of hydrogen-bond donors (Lipinski definition) is 2. The van der Waals surface area contributed by atoms with Gasteiger partial charge in [-0.3, -0.25) is 0 Å². The Labute approximate surface area is 89.2 Å². The molecule has 0 saturated carbocycles. The van der Waals surface area contributed by atoms with Crippen LogP contribution in [0.5, 0.6) is 0 Å². The Morgan fingerprint density at radius 3 is 2.77 bits per heavy atom. The lowest BCUT2D eigenvalue weighted by atomic mass is 10.1. The highest BCUT2D eigenvalue weighted by atomic mass is 32.1. The SMILES string of the molecule is SC=C(S)C1=Cc2ccccc2C1. The maximum atomic E-state index is 4.35. The van der Waals surface area contributed by atoms with Crippen LogP contribution in [0.15, 0.2) is 40.2 Å². The van der Waals surface area contributed by atoms with Crippen molar-refractivity contribution in [2.45, 2.75) is 6.42 Å². The minimum absolute atomic E-state index is 0.958. The average molecular weight is 206 g/mol. The topological polar surface area (TPSA) is 0 Å². The third-order valence-electron chi connectivity index (χ3n) is 2.22. The van der Waals surface area contributed by atoms with Gasteiger partial charge in [-0.05, 0) is 28.5 Å². The van der Waals surface area contributed by atoms with Gasteiger partial charge in [-0.1, -0.05) is 30.3 Å². The first-order chi connectivity index (χ1) is 6.31. The van der Waals surface area contributed by atoms with Crippen LogP contribution in [0.25, 0.3) is 6.08 Å². The van der Waals surface area contributed by atoms with Crippen molar-refractivity contribution in [3.05, 3.63) is 51.3 Å². The molecule has 0 heterocycles. The van der Waals surface area contributed by atoms with Gasteiger partial charge >= 0.3 is 0 Å². The summed E-state index contributed by atoms with van der Waals surface area (Å²) in [4.78, 5) is 0.958. The molecule has 13 heavy (non-hydrogen) atoms. The summed E-state index contributed by atoms with van der Waals surface area (Å²) in [5.41, 5.74) is 3.93. The summed E-state index contributed by atoms with van der Waals surface area (Å²) in [5.74, 6) is 0. The Hall–Kier alpha value is -0.600. The molecular weight excluding hydrogens is 196 g/mol. The molecule has 1 aromatic carbocycles. The van der Waals surface area contributed by atoms with Crippen LogP contribution in [-0.2, 0) is 6.42 Å². The van der Waals surface area contributed by atoms with Gasteiger partial charge in [-0.25, -0.2) is 0 Å². The lowest BCUT2D eigenvalue weighted by molar-refractivity contribution is 1.24. The number of allylic oxidation sites excluding steroid dienone is 1. The fourth-order valence-electron chi connectivity index (χ4n) is 1.53. The van der Waals surface area contributed by atoms with E-state index in [1.54, 1.807) is 5.41 Å². The largest absolute Gasteiger partial charge is 0.150 e. The van der Waals surface area contributed by atoms with E-state index in [-0.39, 0.29) is 0 Å². The quantitative estimate of drug-likeness (QED) is 0.647. The van der Waals surface area contributed by atoms with E-state index in [9.17, 15) is 0 Å². The standard InChI is InChI=1S/C11H10S2/c12-7-11(13)10-5-8-3-1-2-4-9(8)6-10/h1-5,7,12-13H,6H2. The molecule has 0 bridgehead atoms. The van der Waals surface area contributed by atoms with E-state index in [4.69, 9.17) is 0 Å². The van der Waals surface area contributed by atoms with Crippen molar-refractivity contribution in [1.82, 2.24) is 0 Å². The third-order valence-corrected chi connectivity index (χ3v) is 3.10. The first-order valence-corrected chi connectivity index (χ1v) is 5.10. The second-order valence-corrected chi connectivity index (χ2v) is 3.80. The average Bonchev–Trinajstić information content (AvgIpc) is 2.59. The van der Waals surface area contributed by atoms with Crippen molar-refractivity contribution < 1.29 is 0 Å². The van der Waals surface area contributed by atoms with E-state index < -0.39 is 0 Å². The van der Waals surface area contributed by atoms with Gasteiger partial charge in [0.05, 0.1) is 0 Å². The van der Waals surface area contributed by atoms with Crippen molar-refractivity contribution in [3.63, 3.8) is 0 Å².